The molecule has 3 atom stereocenters. The zero-order valence-electron chi connectivity index (χ0n) is 23.4. The van der Waals surface area contributed by atoms with Crippen molar-refractivity contribution in [1.29, 1.82) is 0 Å². The number of hydrogen-bond acceptors (Lipinski definition) is 10. The molecule has 0 spiro atoms. The number of nitrogens with zero attached hydrogens (tertiary/aromatic N) is 2. The largest absolute Gasteiger partial charge is 0.489 e. The second-order valence-corrected chi connectivity index (χ2v) is 14.0. The molecule has 1 aliphatic heterocycles. The predicted octanol–water partition coefficient (Wildman–Crippen LogP) is 5.36. The standard InChI is InChI=1S/C30H30ClFN4O6S2/c31-24-11-20(4-6-27(24)41-15-18-2-1-3-19(32)10-18)35-30-23-12-26(36-29(39)7-5-22-8-9-44(40)43-22)28(42-16-21(38)14-37)13-25(23)33-17-34-30/h1-4,6,10-13,17,21-22,37-38H,5,7-9,14-16H2,(H,36,39)(H,33,34,35). The van der Waals surface area contributed by atoms with E-state index in [1.807, 2.05) is 0 Å². The maximum Gasteiger partial charge on any atom is 0.224 e. The van der Waals surface area contributed by atoms with Crippen LogP contribution in [0.4, 0.5) is 21.6 Å². The molecule has 1 saturated heterocycles. The van der Waals surface area contributed by atoms with Gasteiger partial charge < -0.3 is 30.3 Å². The SMILES string of the molecule is O=C(CCC1CCS(=O)S1)Nc1cc2c(Nc3ccc(OCc4cccc(F)c4)c(Cl)c3)ncnc2cc1OCC(O)CO. The van der Waals surface area contributed by atoms with E-state index in [9.17, 15) is 23.6 Å². The molecular formula is C30H30ClFN4O6S2. The Kier molecular flexibility index (Phi) is 10.9. The summed E-state index contributed by atoms with van der Waals surface area (Å²) in [6.07, 6.45) is 1.89. The molecule has 0 aliphatic carbocycles. The molecule has 0 radical (unpaired) electrons. The molecule has 2 heterocycles. The van der Waals surface area contributed by atoms with Crippen molar-refractivity contribution in [2.24, 2.45) is 0 Å². The van der Waals surface area contributed by atoms with Crippen LogP contribution in [0.15, 0.2) is 60.9 Å². The Morgan fingerprint density at radius 3 is 2.77 bits per heavy atom. The number of nitrogens with one attached hydrogen (secondary N) is 2. The van der Waals surface area contributed by atoms with Gasteiger partial charge in [0.1, 0.15) is 48.8 Å². The van der Waals surface area contributed by atoms with E-state index in [1.54, 1.807) is 42.5 Å². The lowest BCUT2D eigenvalue weighted by Gasteiger charge is -2.17. The lowest BCUT2D eigenvalue weighted by molar-refractivity contribution is -0.116. The zero-order chi connectivity index (χ0) is 31.1. The van der Waals surface area contributed by atoms with Gasteiger partial charge in [0.15, 0.2) is 0 Å². The van der Waals surface area contributed by atoms with Crippen molar-refractivity contribution in [3.8, 4) is 11.5 Å². The first-order valence-electron chi connectivity index (χ1n) is 13.8. The van der Waals surface area contributed by atoms with E-state index in [0.717, 1.165) is 6.42 Å². The van der Waals surface area contributed by atoms with Crippen molar-refractivity contribution in [3.05, 3.63) is 77.3 Å². The number of carbonyl (C=O) groups excluding carboxylic acids is 1. The van der Waals surface area contributed by atoms with E-state index in [-0.39, 0.29) is 42.4 Å². The highest BCUT2D eigenvalue weighted by Crippen LogP contribution is 2.36. The van der Waals surface area contributed by atoms with Gasteiger partial charge in [0.25, 0.3) is 0 Å². The average Bonchev–Trinajstić information content (AvgIpc) is 3.43. The van der Waals surface area contributed by atoms with Crippen molar-refractivity contribution in [2.75, 3.05) is 29.6 Å². The molecule has 1 aromatic heterocycles. The average molecular weight is 661 g/mol. The molecule has 4 N–H and O–H groups in total. The number of amides is 1. The Morgan fingerprint density at radius 2 is 2.02 bits per heavy atom. The smallest absolute Gasteiger partial charge is 0.224 e. The first kappa shape index (κ1) is 31.9. The van der Waals surface area contributed by atoms with Gasteiger partial charge in [-0.1, -0.05) is 34.5 Å². The van der Waals surface area contributed by atoms with Crippen LogP contribution in [0.1, 0.15) is 24.8 Å². The summed E-state index contributed by atoms with van der Waals surface area (Å²) in [6, 6.07) is 14.5. The number of anilines is 3. The van der Waals surface area contributed by atoms with Crippen LogP contribution in [0.5, 0.6) is 11.5 Å². The Bertz CT molecular complexity index is 1670. The minimum atomic E-state index is -1.11. The predicted molar refractivity (Wildman–Crippen MR) is 170 cm³/mol. The normalized spacial score (nSPS) is 16.9. The number of aliphatic hydroxyl groups is 2. The Hall–Kier alpha value is -3.49. The number of carbonyl (C=O) groups is 1. The lowest BCUT2D eigenvalue weighted by Crippen LogP contribution is -2.22. The summed E-state index contributed by atoms with van der Waals surface area (Å²) in [7, 11) is 0.506. The van der Waals surface area contributed by atoms with Gasteiger partial charge in [0.2, 0.25) is 5.91 Å². The summed E-state index contributed by atoms with van der Waals surface area (Å²) in [4.78, 5) is 21.6. The fourth-order valence-electron chi connectivity index (χ4n) is 4.43. The molecule has 232 valence electrons. The van der Waals surface area contributed by atoms with Gasteiger partial charge in [0, 0.05) is 34.6 Å². The summed E-state index contributed by atoms with van der Waals surface area (Å²) in [5, 5.41) is 26.2. The fourth-order valence-corrected chi connectivity index (χ4v) is 8.19. The first-order valence-corrected chi connectivity index (χ1v) is 16.9. The first-order chi connectivity index (χ1) is 21.3. The minimum Gasteiger partial charge on any atom is -0.489 e. The Labute approximate surface area is 264 Å². The number of fused-ring (bicyclic) bond motifs is 1. The van der Waals surface area contributed by atoms with Crippen molar-refractivity contribution in [2.45, 2.75) is 37.2 Å². The summed E-state index contributed by atoms with van der Waals surface area (Å²) < 4.78 is 36.7. The van der Waals surface area contributed by atoms with Crippen molar-refractivity contribution in [3.63, 3.8) is 0 Å². The molecule has 44 heavy (non-hydrogen) atoms. The van der Waals surface area contributed by atoms with E-state index < -0.39 is 22.5 Å². The molecule has 3 aromatic carbocycles. The van der Waals surface area contributed by atoms with Gasteiger partial charge in [-0.15, -0.1) is 0 Å². The Morgan fingerprint density at radius 1 is 1.16 bits per heavy atom. The molecule has 1 fully saturated rings. The summed E-state index contributed by atoms with van der Waals surface area (Å²) in [5.41, 5.74) is 2.12. The van der Waals surface area contributed by atoms with E-state index in [2.05, 4.69) is 20.6 Å². The van der Waals surface area contributed by atoms with Gasteiger partial charge in [-0.05, 0) is 54.8 Å². The van der Waals surface area contributed by atoms with Crippen LogP contribution in [0, 0.1) is 5.82 Å². The summed E-state index contributed by atoms with van der Waals surface area (Å²) in [5.74, 6) is 1.16. The van der Waals surface area contributed by atoms with Crippen LogP contribution in [0.25, 0.3) is 10.9 Å². The number of ether oxygens (including phenoxy) is 2. The second-order valence-electron chi connectivity index (χ2n) is 10.0. The highest BCUT2D eigenvalue weighted by Gasteiger charge is 2.23. The minimum absolute atomic E-state index is 0.147. The van der Waals surface area contributed by atoms with Gasteiger partial charge >= 0.3 is 0 Å². The lowest BCUT2D eigenvalue weighted by atomic mass is 10.1. The topological polar surface area (TPSA) is 143 Å². The number of rotatable bonds is 13. The van der Waals surface area contributed by atoms with E-state index in [4.69, 9.17) is 21.1 Å². The third-order valence-electron chi connectivity index (χ3n) is 6.67. The summed E-state index contributed by atoms with van der Waals surface area (Å²) in [6.45, 7) is -0.533. The Balaban J connectivity index is 1.34. The van der Waals surface area contributed by atoms with Gasteiger partial charge in [-0.25, -0.2) is 18.6 Å². The fraction of sp³-hybridized carbons (Fsp3) is 0.300. The molecule has 0 saturated carbocycles. The van der Waals surface area contributed by atoms with E-state index in [0.29, 0.717) is 56.6 Å². The molecule has 10 nitrogen and oxygen atoms in total. The van der Waals surface area contributed by atoms with Crippen LogP contribution in [-0.4, -0.2) is 60.6 Å². The molecule has 0 bridgehead atoms. The molecular weight excluding hydrogens is 631 g/mol. The molecule has 5 rings (SSSR count). The maximum atomic E-state index is 13.5. The maximum absolute atomic E-state index is 13.5. The third-order valence-corrected chi connectivity index (χ3v) is 10.5. The van der Waals surface area contributed by atoms with Gasteiger partial charge in [0.05, 0.1) is 32.7 Å². The summed E-state index contributed by atoms with van der Waals surface area (Å²) >= 11 is 6.48. The van der Waals surface area contributed by atoms with Crippen molar-refractivity contribution in [1.82, 2.24) is 9.97 Å². The number of hydrogen-bond donors (Lipinski definition) is 4. The molecule has 14 heteroatoms. The number of aliphatic hydroxyl groups excluding tert-OH is 2. The highest BCUT2D eigenvalue weighted by molar-refractivity contribution is 8.69. The zero-order valence-corrected chi connectivity index (χ0v) is 25.8. The number of halogens is 2. The second kappa shape index (κ2) is 15.0. The number of benzene rings is 3. The van der Waals surface area contributed by atoms with Crippen LogP contribution < -0.4 is 20.1 Å². The monoisotopic (exact) mass is 660 g/mol. The highest BCUT2D eigenvalue weighted by atomic mass is 35.5. The van der Waals surface area contributed by atoms with Gasteiger partial charge in [-0.2, -0.15) is 0 Å². The molecule has 1 amide bonds. The van der Waals surface area contributed by atoms with Crippen LogP contribution in [0.2, 0.25) is 5.02 Å². The van der Waals surface area contributed by atoms with Crippen molar-refractivity contribution < 1.29 is 33.1 Å². The van der Waals surface area contributed by atoms with Crippen molar-refractivity contribution >= 4 is 66.2 Å². The number of aromatic nitrogens is 2. The molecule has 1 aliphatic rings. The van der Waals surface area contributed by atoms with E-state index >= 15 is 0 Å². The molecule has 3 unspecified atom stereocenters. The quantitative estimate of drug-likeness (QED) is 0.138. The molecule has 4 aromatic rings. The van der Waals surface area contributed by atoms with Gasteiger partial charge in [-0.3, -0.25) is 4.79 Å². The van der Waals surface area contributed by atoms with Crippen LogP contribution in [0.3, 0.4) is 0 Å². The van der Waals surface area contributed by atoms with E-state index in [1.165, 1.54) is 29.3 Å². The third kappa shape index (κ3) is 8.57. The van der Waals surface area contributed by atoms with Crippen LogP contribution in [-0.2, 0) is 21.2 Å². The van der Waals surface area contributed by atoms with Crippen LogP contribution >= 0.6 is 22.4 Å².